The lowest BCUT2D eigenvalue weighted by atomic mass is 10.0. The van der Waals surface area contributed by atoms with Gasteiger partial charge in [0.1, 0.15) is 0 Å². The Balaban J connectivity index is 1.55. The van der Waals surface area contributed by atoms with Crippen LogP contribution in [0.1, 0.15) is 38.8 Å². The van der Waals surface area contributed by atoms with Crippen molar-refractivity contribution < 1.29 is 4.79 Å². The van der Waals surface area contributed by atoms with Crippen LogP contribution in [0.25, 0.3) is 0 Å². The second-order valence-electron chi connectivity index (χ2n) is 5.05. The lowest BCUT2D eigenvalue weighted by Gasteiger charge is -2.06. The molecule has 3 rings (SSSR count). The van der Waals surface area contributed by atoms with Gasteiger partial charge in [0.2, 0.25) is 0 Å². The molecule has 2 aromatic rings. The minimum Gasteiger partial charge on any atom is -0.352 e. The van der Waals surface area contributed by atoms with Gasteiger partial charge in [-0.3, -0.25) is 9.78 Å². The Kier molecular flexibility index (Phi) is 4.51. The number of hydrogen-bond donors (Lipinski definition) is 1. The molecule has 2 aromatic heterocycles. The van der Waals surface area contributed by atoms with E-state index in [0.717, 1.165) is 24.3 Å². The highest BCUT2D eigenvalue weighted by atomic mass is 35.5. The SMILES string of the molecule is O=C(NCCc1nc2c(s1)CCCC2)c1ccncc1Cl. The van der Waals surface area contributed by atoms with Crippen LogP contribution in [-0.2, 0) is 19.3 Å². The van der Waals surface area contributed by atoms with Gasteiger partial charge < -0.3 is 5.32 Å². The quantitative estimate of drug-likeness (QED) is 0.941. The molecule has 0 fully saturated rings. The van der Waals surface area contributed by atoms with E-state index in [9.17, 15) is 4.79 Å². The number of carbonyl (C=O) groups is 1. The number of aromatic nitrogens is 2. The molecule has 0 aromatic carbocycles. The van der Waals surface area contributed by atoms with E-state index in [1.165, 1.54) is 29.6 Å². The van der Waals surface area contributed by atoms with E-state index < -0.39 is 0 Å². The highest BCUT2D eigenvalue weighted by Crippen LogP contribution is 2.26. The Labute approximate surface area is 132 Å². The summed E-state index contributed by atoms with van der Waals surface area (Å²) in [7, 11) is 0. The summed E-state index contributed by atoms with van der Waals surface area (Å²) in [5.74, 6) is -0.163. The maximum Gasteiger partial charge on any atom is 0.252 e. The van der Waals surface area contributed by atoms with E-state index in [1.807, 2.05) is 0 Å². The molecule has 1 amide bonds. The maximum absolute atomic E-state index is 12.0. The van der Waals surface area contributed by atoms with Gasteiger partial charge in [0, 0.05) is 30.2 Å². The molecule has 1 aliphatic carbocycles. The van der Waals surface area contributed by atoms with Crippen molar-refractivity contribution >= 4 is 28.8 Å². The van der Waals surface area contributed by atoms with E-state index in [4.69, 9.17) is 11.6 Å². The number of carbonyl (C=O) groups excluding carboxylic acids is 1. The average molecular weight is 322 g/mol. The molecule has 110 valence electrons. The molecule has 4 nitrogen and oxygen atoms in total. The van der Waals surface area contributed by atoms with Crippen molar-refractivity contribution in [2.75, 3.05) is 6.54 Å². The molecule has 0 saturated carbocycles. The fraction of sp³-hybridized carbons (Fsp3) is 0.400. The van der Waals surface area contributed by atoms with Crippen molar-refractivity contribution in [3.05, 3.63) is 44.6 Å². The molecule has 0 radical (unpaired) electrons. The number of thiazole rings is 1. The second-order valence-corrected chi connectivity index (χ2v) is 6.62. The molecule has 0 unspecified atom stereocenters. The van der Waals surface area contributed by atoms with Crippen LogP contribution in [0.15, 0.2) is 18.5 Å². The van der Waals surface area contributed by atoms with E-state index >= 15 is 0 Å². The lowest BCUT2D eigenvalue weighted by molar-refractivity contribution is 0.0954. The summed E-state index contributed by atoms with van der Waals surface area (Å²) in [5.41, 5.74) is 1.73. The Morgan fingerprint density at radius 3 is 3.05 bits per heavy atom. The summed E-state index contributed by atoms with van der Waals surface area (Å²) in [5, 5.41) is 4.37. The highest BCUT2D eigenvalue weighted by Gasteiger charge is 2.15. The minimum atomic E-state index is -0.163. The maximum atomic E-state index is 12.0. The summed E-state index contributed by atoms with van der Waals surface area (Å²) in [4.78, 5) is 22.0. The van der Waals surface area contributed by atoms with Crippen molar-refractivity contribution in [2.45, 2.75) is 32.1 Å². The Morgan fingerprint density at radius 1 is 1.38 bits per heavy atom. The van der Waals surface area contributed by atoms with Crippen molar-refractivity contribution in [3.63, 3.8) is 0 Å². The number of nitrogens with zero attached hydrogens (tertiary/aromatic N) is 2. The summed E-state index contributed by atoms with van der Waals surface area (Å²) < 4.78 is 0. The number of rotatable bonds is 4. The molecular formula is C15H16ClN3OS. The Hall–Kier alpha value is -1.46. The third-order valence-electron chi connectivity index (χ3n) is 3.53. The molecule has 0 aliphatic heterocycles. The predicted molar refractivity (Wildman–Crippen MR) is 84.0 cm³/mol. The van der Waals surface area contributed by atoms with Gasteiger partial charge >= 0.3 is 0 Å². The monoisotopic (exact) mass is 321 g/mol. The van der Waals surface area contributed by atoms with E-state index in [2.05, 4.69) is 15.3 Å². The van der Waals surface area contributed by atoms with Crippen LogP contribution in [0.4, 0.5) is 0 Å². The lowest BCUT2D eigenvalue weighted by Crippen LogP contribution is -2.26. The third kappa shape index (κ3) is 3.41. The van der Waals surface area contributed by atoms with Crippen LogP contribution < -0.4 is 5.32 Å². The summed E-state index contributed by atoms with van der Waals surface area (Å²) in [6, 6.07) is 1.62. The Morgan fingerprint density at radius 2 is 2.24 bits per heavy atom. The van der Waals surface area contributed by atoms with Crippen molar-refractivity contribution in [3.8, 4) is 0 Å². The van der Waals surface area contributed by atoms with Crippen LogP contribution in [0, 0.1) is 0 Å². The van der Waals surface area contributed by atoms with E-state index in [1.54, 1.807) is 23.6 Å². The normalized spacial score (nSPS) is 13.8. The van der Waals surface area contributed by atoms with Crippen molar-refractivity contribution in [2.24, 2.45) is 0 Å². The van der Waals surface area contributed by atoms with Gasteiger partial charge in [-0.2, -0.15) is 0 Å². The third-order valence-corrected chi connectivity index (χ3v) is 5.05. The largest absolute Gasteiger partial charge is 0.352 e. The molecule has 0 atom stereocenters. The molecule has 0 saturated heterocycles. The molecule has 6 heteroatoms. The Bertz CT molecular complexity index is 633. The summed E-state index contributed by atoms with van der Waals surface area (Å²) in [6.45, 7) is 0.573. The van der Waals surface area contributed by atoms with Crippen LogP contribution >= 0.6 is 22.9 Å². The fourth-order valence-electron chi connectivity index (χ4n) is 2.45. The molecule has 0 spiro atoms. The van der Waals surface area contributed by atoms with Crippen molar-refractivity contribution in [1.82, 2.24) is 15.3 Å². The predicted octanol–water partition coefficient (Wildman–Crippen LogP) is 3.04. The molecule has 1 aliphatic rings. The van der Waals surface area contributed by atoms with Gasteiger partial charge in [-0.1, -0.05) is 11.6 Å². The van der Waals surface area contributed by atoms with Crippen LogP contribution in [0.2, 0.25) is 5.02 Å². The van der Waals surface area contributed by atoms with E-state index in [0.29, 0.717) is 17.1 Å². The van der Waals surface area contributed by atoms with Gasteiger partial charge in [-0.05, 0) is 31.7 Å². The number of amides is 1. The van der Waals surface area contributed by atoms with Gasteiger partial charge in [0.05, 0.1) is 21.3 Å². The smallest absolute Gasteiger partial charge is 0.252 e. The van der Waals surface area contributed by atoms with E-state index in [-0.39, 0.29) is 5.91 Å². The number of hydrogen-bond acceptors (Lipinski definition) is 4. The zero-order chi connectivity index (χ0) is 14.7. The molecular weight excluding hydrogens is 306 g/mol. The summed E-state index contributed by atoms with van der Waals surface area (Å²) in [6.07, 6.45) is 8.59. The molecule has 2 heterocycles. The number of aryl methyl sites for hydroxylation is 2. The standard InChI is InChI=1S/C15H16ClN3OS/c16-11-9-17-7-5-10(11)15(20)18-8-6-14-19-12-3-1-2-4-13(12)21-14/h5,7,9H,1-4,6,8H2,(H,18,20). The van der Waals surface area contributed by atoms with Gasteiger partial charge in [-0.25, -0.2) is 4.98 Å². The first kappa shape index (κ1) is 14.5. The topological polar surface area (TPSA) is 54.9 Å². The molecule has 0 bridgehead atoms. The number of halogens is 1. The van der Waals surface area contributed by atoms with Crippen molar-refractivity contribution in [1.29, 1.82) is 0 Å². The first-order valence-electron chi connectivity index (χ1n) is 7.09. The fourth-order valence-corrected chi connectivity index (χ4v) is 3.81. The van der Waals surface area contributed by atoms with Gasteiger partial charge in [-0.15, -0.1) is 11.3 Å². The number of nitrogens with one attached hydrogen (secondary N) is 1. The number of fused-ring (bicyclic) bond motifs is 1. The van der Waals surface area contributed by atoms with Gasteiger partial charge in [0.15, 0.2) is 0 Å². The molecule has 1 N–H and O–H groups in total. The second kappa shape index (κ2) is 6.54. The first-order chi connectivity index (χ1) is 10.2. The number of pyridine rings is 1. The van der Waals surface area contributed by atoms with Crippen LogP contribution in [0.5, 0.6) is 0 Å². The average Bonchev–Trinajstić information content (AvgIpc) is 2.90. The van der Waals surface area contributed by atoms with Crippen LogP contribution in [0.3, 0.4) is 0 Å². The zero-order valence-electron chi connectivity index (χ0n) is 11.6. The van der Waals surface area contributed by atoms with Crippen LogP contribution in [-0.4, -0.2) is 22.4 Å². The zero-order valence-corrected chi connectivity index (χ0v) is 13.1. The first-order valence-corrected chi connectivity index (χ1v) is 8.28. The van der Waals surface area contributed by atoms with Gasteiger partial charge in [0.25, 0.3) is 5.91 Å². The summed E-state index contributed by atoms with van der Waals surface area (Å²) >= 11 is 7.74. The minimum absolute atomic E-state index is 0.163. The molecule has 21 heavy (non-hydrogen) atoms. The highest BCUT2D eigenvalue weighted by molar-refractivity contribution is 7.11.